The first-order valence-corrected chi connectivity index (χ1v) is 8.32. The summed E-state index contributed by atoms with van der Waals surface area (Å²) in [5.41, 5.74) is 1.55. The third kappa shape index (κ3) is 4.29. The van der Waals surface area contributed by atoms with Crippen molar-refractivity contribution in [1.82, 2.24) is 4.90 Å². The Labute approximate surface area is 147 Å². The Hall–Kier alpha value is -2.56. The van der Waals surface area contributed by atoms with Crippen molar-refractivity contribution in [3.8, 4) is 11.5 Å². The molecule has 4 nitrogen and oxygen atoms in total. The van der Waals surface area contributed by atoms with Gasteiger partial charge in [-0.2, -0.15) is 0 Å². The number of benzene rings is 2. The third-order valence-electron chi connectivity index (χ3n) is 4.15. The van der Waals surface area contributed by atoms with E-state index >= 15 is 0 Å². The van der Waals surface area contributed by atoms with Crippen molar-refractivity contribution in [3.05, 3.63) is 58.9 Å². The molecule has 0 aliphatic rings. The monoisotopic (exact) mass is 345 g/mol. The number of hydrogen-bond donors (Lipinski definition) is 2. The molecule has 25 heavy (non-hydrogen) atoms. The highest BCUT2D eigenvalue weighted by Gasteiger charge is 2.24. The molecule has 134 valence electrons. The van der Waals surface area contributed by atoms with Crippen LogP contribution in [0.15, 0.2) is 36.4 Å². The molecule has 0 atom stereocenters. The van der Waals surface area contributed by atoms with Gasteiger partial charge in [0.15, 0.2) is 0 Å². The number of phenols is 2. The van der Waals surface area contributed by atoms with Crippen LogP contribution < -0.4 is 0 Å². The predicted octanol–water partition coefficient (Wildman–Crippen LogP) is 4.41. The third-order valence-corrected chi connectivity index (χ3v) is 4.15. The summed E-state index contributed by atoms with van der Waals surface area (Å²) in [5, 5.41) is 20.1. The minimum atomic E-state index is -0.335. The van der Waals surface area contributed by atoms with Crippen LogP contribution in [0.2, 0.25) is 0 Å². The average molecular weight is 345 g/mol. The fraction of sp³-hybridized carbons (Fsp3) is 0.350. The number of hydrogen-bond acceptors (Lipinski definition) is 3. The second-order valence-corrected chi connectivity index (χ2v) is 6.74. The Morgan fingerprint density at radius 3 is 2.16 bits per heavy atom. The molecule has 0 aliphatic heterocycles. The maximum Gasteiger partial charge on any atom is 0.258 e. The van der Waals surface area contributed by atoms with E-state index in [1.165, 1.54) is 24.3 Å². The van der Waals surface area contributed by atoms with Gasteiger partial charge < -0.3 is 15.1 Å². The van der Waals surface area contributed by atoms with Crippen molar-refractivity contribution < 1.29 is 19.4 Å². The number of rotatable bonds is 5. The van der Waals surface area contributed by atoms with Crippen LogP contribution >= 0.6 is 0 Å². The molecule has 0 aliphatic carbocycles. The van der Waals surface area contributed by atoms with Gasteiger partial charge in [0.1, 0.15) is 17.3 Å². The maximum atomic E-state index is 13.1. The van der Waals surface area contributed by atoms with Crippen LogP contribution in [0.25, 0.3) is 0 Å². The van der Waals surface area contributed by atoms with Gasteiger partial charge in [-0.15, -0.1) is 0 Å². The molecule has 0 saturated heterocycles. The van der Waals surface area contributed by atoms with E-state index in [9.17, 15) is 19.4 Å². The number of halogens is 1. The van der Waals surface area contributed by atoms with Gasteiger partial charge >= 0.3 is 0 Å². The Morgan fingerprint density at radius 2 is 1.64 bits per heavy atom. The van der Waals surface area contributed by atoms with Crippen LogP contribution in [-0.2, 0) is 6.54 Å². The standard InChI is InChI=1S/C20H24FNO3/c1-12(2)16-9-17(19(24)10-18(16)23)20(25)22(13(3)4)11-14-5-7-15(21)8-6-14/h5-10,12-13,23-24H,11H2,1-4H3. The lowest BCUT2D eigenvalue weighted by Gasteiger charge is -2.27. The first-order chi connectivity index (χ1) is 11.7. The van der Waals surface area contributed by atoms with E-state index in [0.29, 0.717) is 12.1 Å². The number of nitrogens with zero attached hydrogens (tertiary/aromatic N) is 1. The minimum Gasteiger partial charge on any atom is -0.508 e. The molecule has 0 heterocycles. The summed E-state index contributed by atoms with van der Waals surface area (Å²) in [4.78, 5) is 14.6. The molecule has 0 radical (unpaired) electrons. The van der Waals surface area contributed by atoms with Gasteiger partial charge in [0, 0.05) is 18.7 Å². The lowest BCUT2D eigenvalue weighted by atomic mass is 9.98. The van der Waals surface area contributed by atoms with Crippen LogP contribution in [0.3, 0.4) is 0 Å². The Morgan fingerprint density at radius 1 is 1.04 bits per heavy atom. The Kier molecular flexibility index (Phi) is 5.67. The van der Waals surface area contributed by atoms with Crippen molar-refractivity contribution in [2.75, 3.05) is 0 Å². The summed E-state index contributed by atoms with van der Waals surface area (Å²) in [5.74, 6) is -0.935. The van der Waals surface area contributed by atoms with Crippen LogP contribution in [0, 0.1) is 5.82 Å². The number of aromatic hydroxyl groups is 2. The molecule has 2 N–H and O–H groups in total. The number of carbonyl (C=O) groups excluding carboxylic acids is 1. The zero-order valence-electron chi connectivity index (χ0n) is 15.0. The van der Waals surface area contributed by atoms with Gasteiger partial charge in [0.25, 0.3) is 5.91 Å². The molecule has 2 aromatic carbocycles. The quantitative estimate of drug-likeness (QED) is 0.844. The summed E-state index contributed by atoms with van der Waals surface area (Å²) >= 11 is 0. The summed E-state index contributed by atoms with van der Waals surface area (Å²) in [7, 11) is 0. The van der Waals surface area contributed by atoms with Crippen molar-refractivity contribution in [1.29, 1.82) is 0 Å². The van der Waals surface area contributed by atoms with E-state index in [4.69, 9.17) is 0 Å². The number of phenolic OH excluding ortho intramolecular Hbond substituents is 2. The lowest BCUT2D eigenvalue weighted by molar-refractivity contribution is 0.0687. The van der Waals surface area contributed by atoms with Crippen LogP contribution in [-0.4, -0.2) is 27.1 Å². The molecule has 0 spiro atoms. The Balaban J connectivity index is 2.37. The van der Waals surface area contributed by atoms with Gasteiger partial charge in [-0.25, -0.2) is 4.39 Å². The van der Waals surface area contributed by atoms with Crippen molar-refractivity contribution in [2.45, 2.75) is 46.2 Å². The van der Waals surface area contributed by atoms with E-state index in [0.717, 1.165) is 5.56 Å². The molecular formula is C20H24FNO3. The largest absolute Gasteiger partial charge is 0.508 e. The molecule has 2 rings (SSSR count). The van der Waals surface area contributed by atoms with Gasteiger partial charge in [-0.1, -0.05) is 26.0 Å². The molecule has 0 saturated carbocycles. The van der Waals surface area contributed by atoms with Crippen molar-refractivity contribution >= 4 is 5.91 Å². The number of amides is 1. The molecule has 0 unspecified atom stereocenters. The SMILES string of the molecule is CC(C)c1cc(C(=O)N(Cc2ccc(F)cc2)C(C)C)c(O)cc1O. The topological polar surface area (TPSA) is 60.8 Å². The number of carbonyl (C=O) groups is 1. The first-order valence-electron chi connectivity index (χ1n) is 8.32. The fourth-order valence-corrected chi connectivity index (χ4v) is 2.66. The molecule has 0 aromatic heterocycles. The van der Waals surface area contributed by atoms with Crippen molar-refractivity contribution in [3.63, 3.8) is 0 Å². The highest BCUT2D eigenvalue weighted by molar-refractivity contribution is 5.97. The van der Waals surface area contributed by atoms with Gasteiger partial charge in [0.05, 0.1) is 5.56 Å². The second kappa shape index (κ2) is 7.55. The minimum absolute atomic E-state index is 0.0109. The molecule has 0 fully saturated rings. The van der Waals surface area contributed by atoms with Gasteiger partial charge in [-0.3, -0.25) is 4.79 Å². The second-order valence-electron chi connectivity index (χ2n) is 6.74. The van der Waals surface area contributed by atoms with Crippen LogP contribution in [0.5, 0.6) is 11.5 Å². The smallest absolute Gasteiger partial charge is 0.258 e. The van der Waals surface area contributed by atoms with E-state index in [1.54, 1.807) is 17.0 Å². The first kappa shape index (κ1) is 18.8. The Bertz CT molecular complexity index is 754. The molecule has 2 aromatic rings. The lowest BCUT2D eigenvalue weighted by Crippen LogP contribution is -2.36. The van der Waals surface area contributed by atoms with E-state index < -0.39 is 0 Å². The van der Waals surface area contributed by atoms with E-state index in [1.807, 2.05) is 27.7 Å². The summed E-state index contributed by atoms with van der Waals surface area (Å²) in [6.45, 7) is 7.86. The summed E-state index contributed by atoms with van der Waals surface area (Å²) < 4.78 is 13.1. The molecule has 5 heteroatoms. The van der Waals surface area contributed by atoms with Crippen LogP contribution in [0.1, 0.15) is 55.1 Å². The fourth-order valence-electron chi connectivity index (χ4n) is 2.66. The highest BCUT2D eigenvalue weighted by Crippen LogP contribution is 2.33. The zero-order chi connectivity index (χ0) is 18.7. The van der Waals surface area contributed by atoms with E-state index in [2.05, 4.69) is 0 Å². The van der Waals surface area contributed by atoms with Gasteiger partial charge in [0.2, 0.25) is 0 Å². The molecular weight excluding hydrogens is 321 g/mol. The normalized spacial score (nSPS) is 11.2. The van der Waals surface area contributed by atoms with Crippen LogP contribution in [0.4, 0.5) is 4.39 Å². The van der Waals surface area contributed by atoms with E-state index in [-0.39, 0.29) is 40.7 Å². The average Bonchev–Trinajstić information content (AvgIpc) is 2.53. The molecule has 0 bridgehead atoms. The maximum absolute atomic E-state index is 13.1. The summed E-state index contributed by atoms with van der Waals surface area (Å²) in [6, 6.07) is 8.60. The van der Waals surface area contributed by atoms with Crippen molar-refractivity contribution in [2.24, 2.45) is 0 Å². The zero-order valence-corrected chi connectivity index (χ0v) is 15.0. The highest BCUT2D eigenvalue weighted by atomic mass is 19.1. The van der Waals surface area contributed by atoms with Gasteiger partial charge in [-0.05, 0) is 49.1 Å². The molecule has 1 amide bonds. The summed E-state index contributed by atoms with van der Waals surface area (Å²) in [6.07, 6.45) is 0. The predicted molar refractivity (Wildman–Crippen MR) is 95.3 cm³/mol.